The molecular formula is C23H16BrClN2O2S. The topological polar surface area (TPSA) is 47.5 Å². The van der Waals surface area contributed by atoms with Crippen LogP contribution in [0.15, 0.2) is 50.1 Å². The second-order valence-electron chi connectivity index (χ2n) is 7.26. The SMILES string of the molecule is Cc1cc2c(nc3s/c(=C\c4ccc(-c5cccc(Cl)c5C)o4)c(=O)n32)c(Br)c1C. The number of aromatic nitrogens is 2. The Morgan fingerprint density at radius 3 is 2.77 bits per heavy atom. The van der Waals surface area contributed by atoms with Gasteiger partial charge in [-0.1, -0.05) is 35.1 Å². The lowest BCUT2D eigenvalue weighted by atomic mass is 10.1. The number of imidazole rings is 1. The molecule has 2 aromatic carbocycles. The van der Waals surface area contributed by atoms with Crippen LogP contribution in [0.3, 0.4) is 0 Å². The van der Waals surface area contributed by atoms with Gasteiger partial charge in [0, 0.05) is 21.1 Å². The fraction of sp³-hybridized carbons (Fsp3) is 0.130. The molecule has 30 heavy (non-hydrogen) atoms. The highest BCUT2D eigenvalue weighted by Crippen LogP contribution is 2.31. The molecule has 0 amide bonds. The highest BCUT2D eigenvalue weighted by atomic mass is 79.9. The van der Waals surface area contributed by atoms with Crippen molar-refractivity contribution < 1.29 is 4.42 Å². The molecule has 0 N–H and O–H groups in total. The molecule has 0 saturated carbocycles. The first kappa shape index (κ1) is 19.5. The van der Waals surface area contributed by atoms with Crippen LogP contribution in [0.5, 0.6) is 0 Å². The molecule has 0 aliphatic carbocycles. The number of benzene rings is 2. The molecule has 0 aliphatic rings. The van der Waals surface area contributed by atoms with E-state index in [1.165, 1.54) is 11.3 Å². The number of hydrogen-bond donors (Lipinski definition) is 0. The van der Waals surface area contributed by atoms with Gasteiger partial charge in [-0.15, -0.1) is 0 Å². The van der Waals surface area contributed by atoms with Gasteiger partial charge in [0.2, 0.25) is 0 Å². The van der Waals surface area contributed by atoms with Gasteiger partial charge in [0.25, 0.3) is 5.56 Å². The molecule has 5 rings (SSSR count). The van der Waals surface area contributed by atoms with Crippen molar-refractivity contribution in [2.45, 2.75) is 20.8 Å². The first-order valence-corrected chi connectivity index (χ1v) is 11.3. The van der Waals surface area contributed by atoms with Crippen molar-refractivity contribution in [3.63, 3.8) is 0 Å². The smallest absolute Gasteiger partial charge is 0.275 e. The van der Waals surface area contributed by atoms with E-state index in [1.807, 2.05) is 57.2 Å². The maximum Gasteiger partial charge on any atom is 0.275 e. The van der Waals surface area contributed by atoms with E-state index >= 15 is 0 Å². The number of thiazole rings is 1. The Labute approximate surface area is 189 Å². The third-order valence-electron chi connectivity index (χ3n) is 5.41. The van der Waals surface area contributed by atoms with Crippen LogP contribution < -0.4 is 10.1 Å². The maximum absolute atomic E-state index is 13.1. The zero-order valence-corrected chi connectivity index (χ0v) is 19.6. The van der Waals surface area contributed by atoms with Crippen LogP contribution >= 0.6 is 38.9 Å². The molecule has 0 bridgehead atoms. The van der Waals surface area contributed by atoms with Crippen molar-refractivity contribution in [1.29, 1.82) is 0 Å². The molecule has 0 fully saturated rings. The van der Waals surface area contributed by atoms with E-state index in [-0.39, 0.29) is 5.56 Å². The van der Waals surface area contributed by atoms with E-state index in [1.54, 1.807) is 10.5 Å². The summed E-state index contributed by atoms with van der Waals surface area (Å²) in [5.74, 6) is 1.33. The highest BCUT2D eigenvalue weighted by Gasteiger charge is 2.16. The van der Waals surface area contributed by atoms with Gasteiger partial charge in [0.1, 0.15) is 21.6 Å². The summed E-state index contributed by atoms with van der Waals surface area (Å²) in [5.41, 5.74) is 5.67. The number of fused-ring (bicyclic) bond motifs is 3. The van der Waals surface area contributed by atoms with Gasteiger partial charge >= 0.3 is 0 Å². The summed E-state index contributed by atoms with van der Waals surface area (Å²) < 4.78 is 9.19. The Balaban J connectivity index is 1.66. The molecule has 3 aromatic heterocycles. The van der Waals surface area contributed by atoms with Crippen molar-refractivity contribution in [1.82, 2.24) is 9.38 Å². The first-order valence-electron chi connectivity index (χ1n) is 9.33. The van der Waals surface area contributed by atoms with Gasteiger partial charge in [0.05, 0.1) is 5.52 Å². The molecule has 0 radical (unpaired) electrons. The maximum atomic E-state index is 13.1. The monoisotopic (exact) mass is 498 g/mol. The number of furan rings is 1. The molecule has 0 spiro atoms. The van der Waals surface area contributed by atoms with Gasteiger partial charge in [-0.25, -0.2) is 9.38 Å². The largest absolute Gasteiger partial charge is 0.457 e. The van der Waals surface area contributed by atoms with Crippen molar-refractivity contribution in [3.05, 3.63) is 83.2 Å². The van der Waals surface area contributed by atoms with Gasteiger partial charge in [-0.2, -0.15) is 0 Å². The lowest BCUT2D eigenvalue weighted by Crippen LogP contribution is -2.22. The zero-order valence-electron chi connectivity index (χ0n) is 16.4. The summed E-state index contributed by atoms with van der Waals surface area (Å²) in [6.07, 6.45) is 1.77. The predicted molar refractivity (Wildman–Crippen MR) is 127 cm³/mol. The summed E-state index contributed by atoms with van der Waals surface area (Å²) >= 11 is 11.2. The zero-order chi connectivity index (χ0) is 21.2. The molecule has 4 nitrogen and oxygen atoms in total. The van der Waals surface area contributed by atoms with Crippen LogP contribution in [0, 0.1) is 20.8 Å². The summed E-state index contributed by atoms with van der Waals surface area (Å²) in [7, 11) is 0. The molecular weight excluding hydrogens is 484 g/mol. The number of nitrogens with zero attached hydrogens (tertiary/aromatic N) is 2. The minimum absolute atomic E-state index is 0.0930. The van der Waals surface area contributed by atoms with Crippen LogP contribution in [0.25, 0.3) is 33.4 Å². The average Bonchev–Trinajstić information content (AvgIpc) is 3.39. The standard InChI is InChI=1S/C23H16BrClN2O2S/c1-11-9-17-21(20(24)12(11)2)26-23-27(17)22(28)19(30-23)10-14-7-8-18(29-14)15-5-4-6-16(25)13(15)3/h4-10H,1-3H3/b19-10-. The third kappa shape index (κ3) is 2.94. The van der Waals surface area contributed by atoms with Gasteiger partial charge in [-0.3, -0.25) is 4.79 Å². The van der Waals surface area contributed by atoms with E-state index in [9.17, 15) is 4.79 Å². The third-order valence-corrected chi connectivity index (χ3v) is 7.76. The van der Waals surface area contributed by atoms with Crippen LogP contribution in [0.4, 0.5) is 0 Å². The molecule has 3 heterocycles. The number of hydrogen-bond acceptors (Lipinski definition) is 4. The Morgan fingerprint density at radius 2 is 1.97 bits per heavy atom. The Kier molecular flexibility index (Phi) is 4.61. The molecule has 150 valence electrons. The molecule has 0 aliphatic heterocycles. The van der Waals surface area contributed by atoms with E-state index < -0.39 is 0 Å². The number of rotatable bonds is 2. The Bertz CT molecular complexity index is 1580. The van der Waals surface area contributed by atoms with E-state index in [0.29, 0.717) is 20.3 Å². The molecule has 5 aromatic rings. The van der Waals surface area contributed by atoms with Gasteiger partial charge in [0.15, 0.2) is 4.96 Å². The minimum Gasteiger partial charge on any atom is -0.457 e. The van der Waals surface area contributed by atoms with Crippen molar-refractivity contribution in [3.8, 4) is 11.3 Å². The molecule has 0 saturated heterocycles. The summed E-state index contributed by atoms with van der Waals surface area (Å²) in [5, 5.41) is 0.694. The molecule has 0 unspecified atom stereocenters. The van der Waals surface area contributed by atoms with Crippen LogP contribution in [0.1, 0.15) is 22.5 Å². The average molecular weight is 500 g/mol. The van der Waals surface area contributed by atoms with E-state index in [2.05, 4.69) is 20.9 Å². The Morgan fingerprint density at radius 1 is 1.17 bits per heavy atom. The number of aryl methyl sites for hydroxylation is 1. The quantitative estimate of drug-likeness (QED) is 0.297. The Hall–Kier alpha value is -2.41. The highest BCUT2D eigenvalue weighted by molar-refractivity contribution is 9.10. The second kappa shape index (κ2) is 7.08. The van der Waals surface area contributed by atoms with Gasteiger partial charge in [-0.05, 0) is 77.7 Å². The van der Waals surface area contributed by atoms with Crippen LogP contribution in [0.2, 0.25) is 5.02 Å². The van der Waals surface area contributed by atoms with E-state index in [4.69, 9.17) is 16.0 Å². The van der Waals surface area contributed by atoms with Crippen molar-refractivity contribution >= 4 is 60.9 Å². The van der Waals surface area contributed by atoms with Crippen molar-refractivity contribution in [2.75, 3.05) is 0 Å². The normalized spacial score (nSPS) is 12.5. The van der Waals surface area contributed by atoms with Gasteiger partial charge < -0.3 is 4.42 Å². The second-order valence-corrected chi connectivity index (χ2v) is 9.47. The van der Waals surface area contributed by atoms with Crippen LogP contribution in [-0.4, -0.2) is 9.38 Å². The molecule has 7 heteroatoms. The van der Waals surface area contributed by atoms with Crippen molar-refractivity contribution in [2.24, 2.45) is 0 Å². The van der Waals surface area contributed by atoms with E-state index in [0.717, 1.165) is 43.5 Å². The summed E-state index contributed by atoms with van der Waals surface area (Å²) in [6.45, 7) is 6.03. The fourth-order valence-electron chi connectivity index (χ4n) is 3.56. The number of halogens is 2. The lowest BCUT2D eigenvalue weighted by molar-refractivity contribution is 0.571. The predicted octanol–water partition coefficient (Wildman–Crippen LogP) is 6.06. The summed E-state index contributed by atoms with van der Waals surface area (Å²) in [6, 6.07) is 11.5. The summed E-state index contributed by atoms with van der Waals surface area (Å²) in [4.78, 5) is 18.5. The lowest BCUT2D eigenvalue weighted by Gasteiger charge is -2.03. The first-order chi connectivity index (χ1) is 14.3. The minimum atomic E-state index is -0.0930. The van der Waals surface area contributed by atoms with Crippen LogP contribution in [-0.2, 0) is 0 Å². The fourth-order valence-corrected chi connectivity index (χ4v) is 5.30. The molecule has 0 atom stereocenters.